The number of hydrogen-bond acceptors (Lipinski definition) is 2. The third-order valence-electron chi connectivity index (χ3n) is 4.17. The van der Waals surface area contributed by atoms with Gasteiger partial charge in [-0.1, -0.05) is 29.8 Å². The molecule has 0 amide bonds. The summed E-state index contributed by atoms with van der Waals surface area (Å²) in [6, 6.07) is 10.9. The van der Waals surface area contributed by atoms with Crippen LogP contribution in [0, 0.1) is 26.6 Å². The van der Waals surface area contributed by atoms with Gasteiger partial charge in [0.15, 0.2) is 0 Å². The summed E-state index contributed by atoms with van der Waals surface area (Å²) in [5, 5.41) is 0. The molecule has 1 atom stereocenters. The molecule has 23 heavy (non-hydrogen) atoms. The second-order valence-electron chi connectivity index (χ2n) is 6.20. The Kier molecular flexibility index (Phi) is 6.17. The molecule has 0 fully saturated rings. The van der Waals surface area contributed by atoms with E-state index in [4.69, 9.17) is 10.5 Å². The first-order valence-electron chi connectivity index (χ1n) is 8.17. The van der Waals surface area contributed by atoms with Crippen molar-refractivity contribution in [3.8, 4) is 5.75 Å². The van der Waals surface area contributed by atoms with Crippen LogP contribution in [0.15, 0.2) is 36.4 Å². The van der Waals surface area contributed by atoms with Crippen LogP contribution in [0.5, 0.6) is 5.75 Å². The van der Waals surface area contributed by atoms with Crippen molar-refractivity contribution in [2.24, 2.45) is 5.73 Å². The Hall–Kier alpha value is -1.87. The number of aryl methyl sites for hydroxylation is 3. The molecule has 3 heteroatoms. The highest BCUT2D eigenvalue weighted by molar-refractivity contribution is 5.42. The van der Waals surface area contributed by atoms with Crippen molar-refractivity contribution in [2.75, 3.05) is 13.2 Å². The van der Waals surface area contributed by atoms with Gasteiger partial charge < -0.3 is 10.5 Å². The predicted octanol–water partition coefficient (Wildman–Crippen LogP) is 4.65. The standard InChI is InChI=1S/C20H26FNO/c1-14-11-15(2)20(16(3)12-14)23-10-4-5-18(13-22)17-6-8-19(21)9-7-17/h6-9,11-12,18H,4-5,10,13,22H2,1-3H3. The van der Waals surface area contributed by atoms with Crippen molar-refractivity contribution in [1.82, 2.24) is 0 Å². The number of benzene rings is 2. The first-order chi connectivity index (χ1) is 11.0. The molecule has 2 rings (SSSR count). The van der Waals surface area contributed by atoms with Crippen LogP contribution >= 0.6 is 0 Å². The van der Waals surface area contributed by atoms with Gasteiger partial charge in [0.05, 0.1) is 6.61 Å². The molecule has 0 aromatic heterocycles. The Morgan fingerprint density at radius 3 is 2.22 bits per heavy atom. The average molecular weight is 315 g/mol. The van der Waals surface area contributed by atoms with Crippen molar-refractivity contribution in [3.05, 3.63) is 64.5 Å². The summed E-state index contributed by atoms with van der Waals surface area (Å²) in [6.07, 6.45) is 1.86. The molecule has 0 heterocycles. The zero-order valence-corrected chi connectivity index (χ0v) is 14.2. The van der Waals surface area contributed by atoms with Crippen molar-refractivity contribution < 1.29 is 9.13 Å². The first kappa shape index (κ1) is 17.5. The lowest BCUT2D eigenvalue weighted by atomic mass is 9.94. The molecule has 2 N–H and O–H groups in total. The molecule has 0 aliphatic heterocycles. The first-order valence-corrected chi connectivity index (χ1v) is 8.17. The lowest BCUT2D eigenvalue weighted by Crippen LogP contribution is -2.14. The number of rotatable bonds is 7. The highest BCUT2D eigenvalue weighted by atomic mass is 19.1. The topological polar surface area (TPSA) is 35.2 Å². The summed E-state index contributed by atoms with van der Waals surface area (Å²) in [7, 11) is 0. The molecule has 0 bridgehead atoms. The maximum atomic E-state index is 13.0. The van der Waals surface area contributed by atoms with Crippen molar-refractivity contribution in [2.45, 2.75) is 39.5 Å². The molecular formula is C20H26FNO. The van der Waals surface area contributed by atoms with E-state index in [1.54, 1.807) is 0 Å². The van der Waals surface area contributed by atoms with Crippen LogP contribution < -0.4 is 10.5 Å². The summed E-state index contributed by atoms with van der Waals surface area (Å²) in [5.74, 6) is 1.03. The van der Waals surface area contributed by atoms with E-state index in [0.29, 0.717) is 13.2 Å². The average Bonchev–Trinajstić information content (AvgIpc) is 2.50. The fraction of sp³-hybridized carbons (Fsp3) is 0.400. The van der Waals surface area contributed by atoms with E-state index in [1.165, 1.54) is 28.8 Å². The van der Waals surface area contributed by atoms with Gasteiger partial charge in [-0.2, -0.15) is 0 Å². The number of nitrogens with two attached hydrogens (primary N) is 1. The van der Waals surface area contributed by atoms with Crippen molar-refractivity contribution >= 4 is 0 Å². The molecule has 1 unspecified atom stereocenters. The number of hydrogen-bond donors (Lipinski definition) is 1. The minimum atomic E-state index is -0.210. The maximum Gasteiger partial charge on any atom is 0.125 e. The van der Waals surface area contributed by atoms with E-state index in [2.05, 4.69) is 32.9 Å². The van der Waals surface area contributed by atoms with Gasteiger partial charge in [-0.15, -0.1) is 0 Å². The van der Waals surface area contributed by atoms with Gasteiger partial charge >= 0.3 is 0 Å². The Balaban J connectivity index is 1.88. The van der Waals surface area contributed by atoms with E-state index < -0.39 is 0 Å². The molecule has 0 saturated carbocycles. The summed E-state index contributed by atoms with van der Waals surface area (Å²) in [5.41, 5.74) is 10.6. The van der Waals surface area contributed by atoms with E-state index in [0.717, 1.165) is 24.2 Å². The molecule has 124 valence electrons. The van der Waals surface area contributed by atoms with E-state index in [1.807, 2.05) is 12.1 Å². The molecule has 0 aliphatic rings. The zero-order valence-electron chi connectivity index (χ0n) is 14.2. The summed E-state index contributed by atoms with van der Waals surface area (Å²) in [6.45, 7) is 7.49. The Bertz CT molecular complexity index is 614. The van der Waals surface area contributed by atoms with Gasteiger partial charge in [0, 0.05) is 0 Å². The second-order valence-corrected chi connectivity index (χ2v) is 6.20. The molecular weight excluding hydrogens is 289 g/mol. The third kappa shape index (κ3) is 4.80. The minimum Gasteiger partial charge on any atom is -0.493 e. The normalized spacial score (nSPS) is 12.2. The quantitative estimate of drug-likeness (QED) is 0.755. The zero-order chi connectivity index (χ0) is 16.8. The predicted molar refractivity (Wildman–Crippen MR) is 93.6 cm³/mol. The van der Waals surface area contributed by atoms with Crippen molar-refractivity contribution in [1.29, 1.82) is 0 Å². The third-order valence-corrected chi connectivity index (χ3v) is 4.17. The van der Waals surface area contributed by atoms with Crippen LogP contribution in [0.1, 0.15) is 41.0 Å². The van der Waals surface area contributed by atoms with Gasteiger partial charge in [0.25, 0.3) is 0 Å². The van der Waals surface area contributed by atoms with Crippen LogP contribution in [-0.4, -0.2) is 13.2 Å². The van der Waals surface area contributed by atoms with Crippen LogP contribution in [-0.2, 0) is 0 Å². The Morgan fingerprint density at radius 1 is 1.04 bits per heavy atom. The number of ether oxygens (including phenoxy) is 1. The fourth-order valence-electron chi connectivity index (χ4n) is 3.05. The number of halogens is 1. The van der Waals surface area contributed by atoms with Crippen LogP contribution in [0.25, 0.3) is 0 Å². The highest BCUT2D eigenvalue weighted by Crippen LogP contribution is 2.25. The van der Waals surface area contributed by atoms with Crippen LogP contribution in [0.4, 0.5) is 4.39 Å². The van der Waals surface area contributed by atoms with Gasteiger partial charge in [0.2, 0.25) is 0 Å². The van der Waals surface area contributed by atoms with E-state index in [-0.39, 0.29) is 11.7 Å². The lowest BCUT2D eigenvalue weighted by molar-refractivity contribution is 0.298. The van der Waals surface area contributed by atoms with Crippen LogP contribution in [0.3, 0.4) is 0 Å². The maximum absolute atomic E-state index is 13.0. The Labute approximate surface area is 138 Å². The molecule has 2 nitrogen and oxygen atoms in total. The molecule has 0 saturated heterocycles. The summed E-state index contributed by atoms with van der Waals surface area (Å²) >= 11 is 0. The molecule has 2 aromatic rings. The SMILES string of the molecule is Cc1cc(C)c(OCCCC(CN)c2ccc(F)cc2)c(C)c1. The van der Waals surface area contributed by atoms with Gasteiger partial charge in [-0.3, -0.25) is 0 Å². The highest BCUT2D eigenvalue weighted by Gasteiger charge is 2.10. The smallest absolute Gasteiger partial charge is 0.125 e. The van der Waals surface area contributed by atoms with E-state index >= 15 is 0 Å². The van der Waals surface area contributed by atoms with E-state index in [9.17, 15) is 4.39 Å². The summed E-state index contributed by atoms with van der Waals surface area (Å²) in [4.78, 5) is 0. The van der Waals surface area contributed by atoms with Gasteiger partial charge in [-0.25, -0.2) is 4.39 Å². The fourth-order valence-corrected chi connectivity index (χ4v) is 3.05. The van der Waals surface area contributed by atoms with Gasteiger partial charge in [0.1, 0.15) is 11.6 Å². The van der Waals surface area contributed by atoms with Crippen LogP contribution in [0.2, 0.25) is 0 Å². The largest absolute Gasteiger partial charge is 0.493 e. The van der Waals surface area contributed by atoms with Gasteiger partial charge in [-0.05, 0) is 74.9 Å². The Morgan fingerprint density at radius 2 is 1.65 bits per heavy atom. The molecule has 0 radical (unpaired) electrons. The molecule has 0 spiro atoms. The monoisotopic (exact) mass is 315 g/mol. The summed E-state index contributed by atoms with van der Waals surface area (Å²) < 4.78 is 19.0. The molecule has 0 aliphatic carbocycles. The molecule has 2 aromatic carbocycles. The second kappa shape index (κ2) is 8.11. The minimum absolute atomic E-state index is 0.210. The van der Waals surface area contributed by atoms with Crippen molar-refractivity contribution in [3.63, 3.8) is 0 Å². The lowest BCUT2D eigenvalue weighted by Gasteiger charge is -2.17.